The Labute approximate surface area is 85.9 Å². The Bertz CT molecular complexity index is 190. The van der Waals surface area contributed by atoms with E-state index >= 15 is 0 Å². The van der Waals surface area contributed by atoms with Gasteiger partial charge in [-0.3, -0.25) is 4.79 Å². The fourth-order valence-electron chi connectivity index (χ4n) is 1.93. The molecule has 0 aliphatic heterocycles. The lowest BCUT2D eigenvalue weighted by Crippen LogP contribution is -2.39. The zero-order chi connectivity index (χ0) is 10.6. The molecule has 1 saturated carbocycles. The number of carboxylic acid groups (broad SMARTS) is 1. The third-order valence-electron chi connectivity index (χ3n) is 2.81. The van der Waals surface area contributed by atoms with Crippen molar-refractivity contribution in [1.29, 1.82) is 0 Å². The van der Waals surface area contributed by atoms with Crippen molar-refractivity contribution in [2.75, 3.05) is 0 Å². The van der Waals surface area contributed by atoms with E-state index in [0.717, 1.165) is 12.8 Å². The fraction of sp³-hybridized carbons (Fsp3) is 0.909. The average Bonchev–Trinajstić information content (AvgIpc) is 2.84. The van der Waals surface area contributed by atoms with Gasteiger partial charge in [-0.1, -0.05) is 13.3 Å². The molecule has 3 heteroatoms. The molecule has 0 radical (unpaired) electrons. The lowest BCUT2D eigenvalue weighted by molar-refractivity contribution is -0.137. The number of carbonyl (C=O) groups is 1. The van der Waals surface area contributed by atoms with E-state index in [1.54, 1.807) is 0 Å². The van der Waals surface area contributed by atoms with Crippen LogP contribution in [0.2, 0.25) is 0 Å². The van der Waals surface area contributed by atoms with Crippen LogP contribution in [0.1, 0.15) is 46.0 Å². The Morgan fingerprint density at radius 2 is 2.21 bits per heavy atom. The van der Waals surface area contributed by atoms with Gasteiger partial charge >= 0.3 is 5.97 Å². The van der Waals surface area contributed by atoms with Crippen molar-refractivity contribution < 1.29 is 9.90 Å². The molecule has 1 rings (SSSR count). The Morgan fingerprint density at radius 1 is 1.57 bits per heavy atom. The Morgan fingerprint density at radius 3 is 2.64 bits per heavy atom. The molecule has 0 aromatic rings. The summed E-state index contributed by atoms with van der Waals surface area (Å²) < 4.78 is 0. The quantitative estimate of drug-likeness (QED) is 0.659. The smallest absolute Gasteiger partial charge is 0.304 e. The van der Waals surface area contributed by atoms with Gasteiger partial charge in [0.05, 0.1) is 6.42 Å². The number of carboxylic acids is 1. The lowest BCUT2D eigenvalue weighted by atomic mass is 10.1. The molecule has 0 heterocycles. The normalized spacial score (nSPS) is 20.4. The number of hydrogen-bond donors (Lipinski definition) is 2. The minimum absolute atomic E-state index is 0.203. The minimum atomic E-state index is -0.682. The molecule has 0 spiro atoms. The molecule has 82 valence electrons. The van der Waals surface area contributed by atoms with Gasteiger partial charge in [0.15, 0.2) is 0 Å². The van der Waals surface area contributed by atoms with E-state index in [0.29, 0.717) is 12.0 Å². The van der Waals surface area contributed by atoms with E-state index in [1.165, 1.54) is 12.8 Å². The first-order chi connectivity index (χ1) is 6.63. The van der Waals surface area contributed by atoms with Crippen LogP contribution in [0.5, 0.6) is 0 Å². The Hall–Kier alpha value is -0.570. The highest BCUT2D eigenvalue weighted by atomic mass is 16.4. The summed E-state index contributed by atoms with van der Waals surface area (Å²) in [7, 11) is 0. The summed E-state index contributed by atoms with van der Waals surface area (Å²) in [5, 5.41) is 12.2. The van der Waals surface area contributed by atoms with Crippen LogP contribution in [0.3, 0.4) is 0 Å². The van der Waals surface area contributed by atoms with Crippen LogP contribution in [0.15, 0.2) is 0 Å². The third kappa shape index (κ3) is 4.09. The highest BCUT2D eigenvalue weighted by Gasteiger charge is 2.32. The third-order valence-corrected chi connectivity index (χ3v) is 2.81. The number of aliphatic carboxylic acids is 1. The van der Waals surface area contributed by atoms with Crippen molar-refractivity contribution in [1.82, 2.24) is 5.32 Å². The number of hydrogen-bond acceptors (Lipinski definition) is 2. The molecule has 0 amide bonds. The van der Waals surface area contributed by atoms with E-state index in [2.05, 4.69) is 19.2 Å². The molecular formula is C11H21NO2. The van der Waals surface area contributed by atoms with Gasteiger partial charge < -0.3 is 10.4 Å². The van der Waals surface area contributed by atoms with Gasteiger partial charge in [-0.25, -0.2) is 0 Å². The molecule has 1 aliphatic carbocycles. The van der Waals surface area contributed by atoms with E-state index in [4.69, 9.17) is 5.11 Å². The van der Waals surface area contributed by atoms with Crippen LogP contribution in [0.25, 0.3) is 0 Å². The van der Waals surface area contributed by atoms with Crippen molar-refractivity contribution in [3.63, 3.8) is 0 Å². The molecule has 0 aromatic heterocycles. The van der Waals surface area contributed by atoms with Crippen molar-refractivity contribution >= 4 is 5.97 Å². The van der Waals surface area contributed by atoms with Crippen molar-refractivity contribution in [3.05, 3.63) is 0 Å². The first-order valence-electron chi connectivity index (χ1n) is 5.61. The topological polar surface area (TPSA) is 49.3 Å². The molecule has 2 N–H and O–H groups in total. The summed E-state index contributed by atoms with van der Waals surface area (Å²) in [5.41, 5.74) is 0. The zero-order valence-corrected chi connectivity index (χ0v) is 9.12. The average molecular weight is 199 g/mol. The predicted octanol–water partition coefficient (Wildman–Crippen LogP) is 2.02. The summed E-state index contributed by atoms with van der Waals surface area (Å²) in [4.78, 5) is 10.6. The van der Waals surface area contributed by atoms with Crippen LogP contribution in [0.4, 0.5) is 0 Å². The molecule has 1 fully saturated rings. The van der Waals surface area contributed by atoms with Crippen LogP contribution in [-0.2, 0) is 4.79 Å². The first kappa shape index (κ1) is 11.5. The van der Waals surface area contributed by atoms with E-state index in [-0.39, 0.29) is 12.5 Å². The molecule has 0 aromatic carbocycles. The number of rotatable bonds is 7. The second-order valence-corrected chi connectivity index (χ2v) is 4.40. The summed E-state index contributed by atoms with van der Waals surface area (Å²) in [6.07, 6.45) is 4.95. The van der Waals surface area contributed by atoms with Gasteiger partial charge in [-0.15, -0.1) is 0 Å². The molecular weight excluding hydrogens is 178 g/mol. The summed E-state index contributed by atoms with van der Waals surface area (Å²) in [6.45, 7) is 4.29. The molecule has 1 aliphatic rings. The fourth-order valence-corrected chi connectivity index (χ4v) is 1.93. The Kier molecular flexibility index (Phi) is 4.39. The monoisotopic (exact) mass is 199 g/mol. The molecule has 2 atom stereocenters. The maximum absolute atomic E-state index is 10.6. The van der Waals surface area contributed by atoms with Crippen LogP contribution >= 0.6 is 0 Å². The molecule has 2 unspecified atom stereocenters. The van der Waals surface area contributed by atoms with Gasteiger partial charge in [0.2, 0.25) is 0 Å². The second-order valence-electron chi connectivity index (χ2n) is 4.40. The molecule has 0 bridgehead atoms. The summed E-state index contributed by atoms with van der Waals surface area (Å²) in [6, 6.07) is 0.652. The largest absolute Gasteiger partial charge is 0.481 e. The predicted molar refractivity (Wildman–Crippen MR) is 56.3 cm³/mol. The van der Waals surface area contributed by atoms with Crippen LogP contribution in [-0.4, -0.2) is 23.2 Å². The molecule has 14 heavy (non-hydrogen) atoms. The standard InChI is InChI=1S/C11H21NO2/c1-3-4-8(2)12-10(7-11(13)14)9-5-6-9/h8-10,12H,3-7H2,1-2H3,(H,13,14). The zero-order valence-electron chi connectivity index (χ0n) is 9.12. The van der Waals surface area contributed by atoms with Gasteiger partial charge in [0.1, 0.15) is 0 Å². The number of nitrogens with one attached hydrogen (secondary N) is 1. The van der Waals surface area contributed by atoms with E-state index in [9.17, 15) is 4.79 Å². The van der Waals surface area contributed by atoms with Crippen LogP contribution in [0, 0.1) is 5.92 Å². The van der Waals surface area contributed by atoms with Gasteiger partial charge in [0, 0.05) is 12.1 Å². The van der Waals surface area contributed by atoms with Crippen LogP contribution < -0.4 is 5.32 Å². The van der Waals surface area contributed by atoms with E-state index < -0.39 is 5.97 Å². The van der Waals surface area contributed by atoms with Crippen molar-refractivity contribution in [2.24, 2.45) is 5.92 Å². The lowest BCUT2D eigenvalue weighted by Gasteiger charge is -2.21. The van der Waals surface area contributed by atoms with Gasteiger partial charge in [-0.05, 0) is 32.1 Å². The highest BCUT2D eigenvalue weighted by molar-refractivity contribution is 5.67. The van der Waals surface area contributed by atoms with Crippen molar-refractivity contribution in [3.8, 4) is 0 Å². The summed E-state index contributed by atoms with van der Waals surface area (Å²) >= 11 is 0. The molecule has 0 saturated heterocycles. The summed E-state index contributed by atoms with van der Waals surface area (Å²) in [5.74, 6) is -0.0662. The van der Waals surface area contributed by atoms with Gasteiger partial charge in [0.25, 0.3) is 0 Å². The highest BCUT2D eigenvalue weighted by Crippen LogP contribution is 2.34. The second kappa shape index (κ2) is 5.35. The maximum atomic E-state index is 10.6. The molecule has 3 nitrogen and oxygen atoms in total. The minimum Gasteiger partial charge on any atom is -0.481 e. The van der Waals surface area contributed by atoms with Gasteiger partial charge in [-0.2, -0.15) is 0 Å². The first-order valence-corrected chi connectivity index (χ1v) is 5.61. The maximum Gasteiger partial charge on any atom is 0.304 e. The SMILES string of the molecule is CCCC(C)NC(CC(=O)O)C1CC1. The van der Waals surface area contributed by atoms with Crippen molar-refractivity contribution in [2.45, 2.75) is 58.0 Å². The Balaban J connectivity index is 2.30. The van der Waals surface area contributed by atoms with E-state index in [1.807, 2.05) is 0 Å².